The van der Waals surface area contributed by atoms with Crippen LogP contribution in [-0.2, 0) is 16.3 Å². The Bertz CT molecular complexity index is 562. The SMILES string of the molecule is NCC(Cc1cc(Cl)ccc1F)C1CCS(=O)(=O)C1. The molecule has 1 aromatic rings. The largest absolute Gasteiger partial charge is 0.330 e. The Kier molecular flexibility index (Phi) is 4.48. The zero-order chi connectivity index (χ0) is 14.0. The first-order valence-electron chi connectivity index (χ1n) is 6.25. The third kappa shape index (κ3) is 3.68. The molecule has 0 aromatic heterocycles. The minimum atomic E-state index is -2.94. The molecular weight excluding hydrogens is 289 g/mol. The molecule has 1 fully saturated rings. The van der Waals surface area contributed by atoms with Gasteiger partial charge in [0.05, 0.1) is 11.5 Å². The van der Waals surface area contributed by atoms with Gasteiger partial charge in [-0.1, -0.05) is 11.6 Å². The van der Waals surface area contributed by atoms with Gasteiger partial charge in [-0.2, -0.15) is 0 Å². The number of hydrogen-bond donors (Lipinski definition) is 1. The summed E-state index contributed by atoms with van der Waals surface area (Å²) in [6.07, 6.45) is 1.05. The lowest BCUT2D eigenvalue weighted by molar-refractivity contribution is 0.366. The van der Waals surface area contributed by atoms with E-state index in [1.54, 1.807) is 6.07 Å². The predicted molar refractivity (Wildman–Crippen MR) is 74.4 cm³/mol. The molecule has 106 valence electrons. The zero-order valence-corrected chi connectivity index (χ0v) is 12.1. The van der Waals surface area contributed by atoms with E-state index in [1.165, 1.54) is 12.1 Å². The summed E-state index contributed by atoms with van der Waals surface area (Å²) in [5, 5.41) is 0.478. The molecule has 1 heterocycles. The molecule has 0 amide bonds. The van der Waals surface area contributed by atoms with Crippen LogP contribution in [0.1, 0.15) is 12.0 Å². The molecule has 2 unspecified atom stereocenters. The van der Waals surface area contributed by atoms with Crippen molar-refractivity contribution in [2.75, 3.05) is 18.1 Å². The second kappa shape index (κ2) is 5.77. The minimum Gasteiger partial charge on any atom is -0.330 e. The molecule has 1 aliphatic rings. The van der Waals surface area contributed by atoms with Crippen molar-refractivity contribution >= 4 is 21.4 Å². The maximum absolute atomic E-state index is 13.7. The lowest BCUT2D eigenvalue weighted by Gasteiger charge is -2.21. The predicted octanol–water partition coefficient (Wildman–Crippen LogP) is 2.03. The van der Waals surface area contributed by atoms with Gasteiger partial charge in [0.2, 0.25) is 0 Å². The van der Waals surface area contributed by atoms with Gasteiger partial charge in [0, 0.05) is 5.02 Å². The number of halogens is 2. The van der Waals surface area contributed by atoms with E-state index in [4.69, 9.17) is 17.3 Å². The van der Waals surface area contributed by atoms with Gasteiger partial charge in [0.25, 0.3) is 0 Å². The molecule has 0 spiro atoms. The quantitative estimate of drug-likeness (QED) is 0.926. The summed E-state index contributed by atoms with van der Waals surface area (Å²) in [6, 6.07) is 4.41. The molecule has 19 heavy (non-hydrogen) atoms. The molecule has 0 bridgehead atoms. The first-order chi connectivity index (χ1) is 8.91. The Morgan fingerprint density at radius 2 is 2.21 bits per heavy atom. The van der Waals surface area contributed by atoms with Crippen LogP contribution in [0, 0.1) is 17.7 Å². The molecule has 1 saturated heterocycles. The van der Waals surface area contributed by atoms with Crippen LogP contribution in [0.25, 0.3) is 0 Å². The third-order valence-electron chi connectivity index (χ3n) is 3.73. The van der Waals surface area contributed by atoms with Crippen LogP contribution in [0.2, 0.25) is 5.02 Å². The molecule has 2 N–H and O–H groups in total. The average Bonchev–Trinajstić information content (AvgIpc) is 2.70. The van der Waals surface area contributed by atoms with Gasteiger partial charge < -0.3 is 5.73 Å². The van der Waals surface area contributed by atoms with Gasteiger partial charge in [-0.05, 0) is 55.0 Å². The fourth-order valence-corrected chi connectivity index (χ4v) is 4.73. The lowest BCUT2D eigenvalue weighted by Crippen LogP contribution is -2.26. The molecule has 1 aliphatic heterocycles. The molecule has 6 heteroatoms. The maximum atomic E-state index is 13.7. The number of nitrogens with two attached hydrogens (primary N) is 1. The number of rotatable bonds is 4. The molecule has 0 radical (unpaired) electrons. The fourth-order valence-electron chi connectivity index (χ4n) is 2.62. The summed E-state index contributed by atoms with van der Waals surface area (Å²) < 4.78 is 36.7. The lowest BCUT2D eigenvalue weighted by atomic mass is 9.86. The number of hydrogen-bond acceptors (Lipinski definition) is 3. The van der Waals surface area contributed by atoms with Crippen LogP contribution in [0.15, 0.2) is 18.2 Å². The van der Waals surface area contributed by atoms with Gasteiger partial charge >= 0.3 is 0 Å². The third-order valence-corrected chi connectivity index (χ3v) is 5.76. The summed E-state index contributed by atoms with van der Waals surface area (Å²) in [4.78, 5) is 0. The van der Waals surface area contributed by atoms with Crippen LogP contribution in [0.5, 0.6) is 0 Å². The first kappa shape index (κ1) is 14.8. The van der Waals surface area contributed by atoms with Crippen LogP contribution in [0.3, 0.4) is 0 Å². The van der Waals surface area contributed by atoms with Crippen LogP contribution in [0.4, 0.5) is 4.39 Å². The van der Waals surface area contributed by atoms with E-state index in [9.17, 15) is 12.8 Å². The van der Waals surface area contributed by atoms with Crippen LogP contribution < -0.4 is 5.73 Å². The summed E-state index contributed by atoms with van der Waals surface area (Å²) in [7, 11) is -2.94. The van der Waals surface area contributed by atoms with Crippen molar-refractivity contribution in [2.45, 2.75) is 12.8 Å². The zero-order valence-electron chi connectivity index (χ0n) is 10.5. The number of sulfone groups is 1. The van der Waals surface area contributed by atoms with Crippen molar-refractivity contribution in [3.8, 4) is 0 Å². The Hall–Kier alpha value is -0.650. The summed E-state index contributed by atoms with van der Waals surface area (Å²) in [5.41, 5.74) is 6.23. The Balaban J connectivity index is 2.13. The van der Waals surface area contributed by atoms with E-state index in [-0.39, 0.29) is 29.2 Å². The molecular formula is C13H17ClFNO2S. The highest BCUT2D eigenvalue weighted by atomic mass is 35.5. The van der Waals surface area contributed by atoms with Gasteiger partial charge in [-0.15, -0.1) is 0 Å². The van der Waals surface area contributed by atoms with Crippen molar-refractivity contribution in [1.29, 1.82) is 0 Å². The van der Waals surface area contributed by atoms with Crippen LogP contribution in [-0.4, -0.2) is 26.5 Å². The van der Waals surface area contributed by atoms with Crippen molar-refractivity contribution < 1.29 is 12.8 Å². The Morgan fingerprint density at radius 1 is 1.47 bits per heavy atom. The summed E-state index contributed by atoms with van der Waals surface area (Å²) in [5.74, 6) is 0.0609. The van der Waals surface area contributed by atoms with E-state index in [0.29, 0.717) is 30.0 Å². The molecule has 1 aromatic carbocycles. The summed E-state index contributed by atoms with van der Waals surface area (Å²) in [6.45, 7) is 0.353. The second-order valence-corrected chi connectivity index (χ2v) is 7.76. The Labute approximate surface area is 117 Å². The molecule has 0 saturated carbocycles. The maximum Gasteiger partial charge on any atom is 0.150 e. The van der Waals surface area contributed by atoms with Gasteiger partial charge in [0.15, 0.2) is 9.84 Å². The molecule has 2 atom stereocenters. The average molecular weight is 306 g/mol. The van der Waals surface area contributed by atoms with Gasteiger partial charge in [-0.3, -0.25) is 0 Å². The first-order valence-corrected chi connectivity index (χ1v) is 8.45. The topological polar surface area (TPSA) is 60.2 Å². The highest BCUT2D eigenvalue weighted by Gasteiger charge is 2.33. The van der Waals surface area contributed by atoms with Gasteiger partial charge in [0.1, 0.15) is 5.82 Å². The van der Waals surface area contributed by atoms with E-state index in [2.05, 4.69) is 0 Å². The highest BCUT2D eigenvalue weighted by Crippen LogP contribution is 2.29. The van der Waals surface area contributed by atoms with Crippen molar-refractivity contribution in [1.82, 2.24) is 0 Å². The molecule has 0 aliphatic carbocycles. The minimum absolute atomic E-state index is 0.0216. The van der Waals surface area contributed by atoms with Crippen molar-refractivity contribution in [3.05, 3.63) is 34.6 Å². The molecule has 2 rings (SSSR count). The monoisotopic (exact) mass is 305 g/mol. The van der Waals surface area contributed by atoms with E-state index in [0.717, 1.165) is 0 Å². The van der Waals surface area contributed by atoms with E-state index < -0.39 is 9.84 Å². The summed E-state index contributed by atoms with van der Waals surface area (Å²) >= 11 is 5.85. The standard InChI is InChI=1S/C13H17ClFNO2S/c14-12-1-2-13(15)10(6-12)5-11(7-16)9-3-4-19(17,18)8-9/h1-2,6,9,11H,3-5,7-8,16H2. The van der Waals surface area contributed by atoms with Crippen molar-refractivity contribution in [3.63, 3.8) is 0 Å². The van der Waals surface area contributed by atoms with E-state index in [1.807, 2.05) is 0 Å². The highest BCUT2D eigenvalue weighted by molar-refractivity contribution is 7.91. The molecule has 3 nitrogen and oxygen atoms in total. The second-order valence-electron chi connectivity index (χ2n) is 5.10. The van der Waals surface area contributed by atoms with Crippen molar-refractivity contribution in [2.24, 2.45) is 17.6 Å². The smallest absolute Gasteiger partial charge is 0.150 e. The normalized spacial score (nSPS) is 23.4. The number of benzene rings is 1. The van der Waals surface area contributed by atoms with E-state index >= 15 is 0 Å². The Morgan fingerprint density at radius 3 is 2.79 bits per heavy atom. The fraction of sp³-hybridized carbons (Fsp3) is 0.538. The van der Waals surface area contributed by atoms with Gasteiger partial charge in [-0.25, -0.2) is 12.8 Å². The van der Waals surface area contributed by atoms with Crippen LogP contribution >= 0.6 is 11.6 Å².